The molecule has 0 atom stereocenters. The van der Waals surface area contributed by atoms with E-state index >= 15 is 0 Å². The van der Waals surface area contributed by atoms with Crippen molar-refractivity contribution in [3.63, 3.8) is 0 Å². The van der Waals surface area contributed by atoms with Crippen molar-refractivity contribution in [3.8, 4) is 33.6 Å². The zero-order valence-electron chi connectivity index (χ0n) is 24.1. The molecule has 2 heterocycles. The van der Waals surface area contributed by atoms with Gasteiger partial charge in [0, 0.05) is 32.9 Å². The lowest BCUT2D eigenvalue weighted by Gasteiger charge is -2.12. The first kappa shape index (κ1) is 24.7. The summed E-state index contributed by atoms with van der Waals surface area (Å²) in [5.41, 5.74) is 12.0. The molecule has 9 rings (SSSR count). The number of hydrogen-bond donors (Lipinski definition) is 0. The summed E-state index contributed by atoms with van der Waals surface area (Å²) in [6.07, 6.45) is 0. The van der Waals surface area contributed by atoms with Crippen LogP contribution >= 0.6 is 0 Å². The normalized spacial score (nSPS) is 11.6. The van der Waals surface area contributed by atoms with E-state index in [0.717, 1.165) is 5.69 Å². The quantitative estimate of drug-likeness (QED) is 0.203. The molecule has 9 aromatic rings. The fourth-order valence-electron chi connectivity index (χ4n) is 6.91. The highest BCUT2D eigenvalue weighted by Gasteiger charge is 2.16. The van der Waals surface area contributed by atoms with Crippen LogP contribution in [0, 0.1) is 0 Å². The third-order valence-electron chi connectivity index (χ3n) is 8.90. The molecule has 0 fully saturated rings. The Labute approximate surface area is 255 Å². The Morgan fingerprint density at radius 2 is 0.682 bits per heavy atom. The van der Waals surface area contributed by atoms with Gasteiger partial charge < -0.3 is 9.13 Å². The summed E-state index contributed by atoms with van der Waals surface area (Å²) in [7, 11) is 0. The minimum Gasteiger partial charge on any atom is -0.309 e. The molecular formula is C42H28N2. The topological polar surface area (TPSA) is 9.86 Å². The number of fused-ring (bicyclic) bond motifs is 6. The van der Waals surface area contributed by atoms with E-state index < -0.39 is 0 Å². The van der Waals surface area contributed by atoms with Crippen LogP contribution in [0.5, 0.6) is 0 Å². The molecule has 2 nitrogen and oxygen atoms in total. The molecule has 0 bridgehead atoms. The Hall–Kier alpha value is -5.86. The van der Waals surface area contributed by atoms with Crippen molar-refractivity contribution in [2.24, 2.45) is 0 Å². The molecule has 0 saturated heterocycles. The molecule has 2 aromatic heterocycles. The van der Waals surface area contributed by atoms with E-state index in [1.165, 1.54) is 71.6 Å². The summed E-state index contributed by atoms with van der Waals surface area (Å²) < 4.78 is 4.81. The highest BCUT2D eigenvalue weighted by Crippen LogP contribution is 2.37. The minimum absolute atomic E-state index is 1.16. The maximum atomic E-state index is 2.41. The van der Waals surface area contributed by atoms with Crippen molar-refractivity contribution >= 4 is 43.6 Å². The third-order valence-corrected chi connectivity index (χ3v) is 8.90. The van der Waals surface area contributed by atoms with Crippen LogP contribution in [0.2, 0.25) is 0 Å². The van der Waals surface area contributed by atoms with Crippen LogP contribution in [0.25, 0.3) is 77.2 Å². The summed E-state index contributed by atoms with van der Waals surface area (Å²) in [5.74, 6) is 0. The Bertz CT molecular complexity index is 2440. The van der Waals surface area contributed by atoms with E-state index in [4.69, 9.17) is 0 Å². The molecule has 44 heavy (non-hydrogen) atoms. The maximum Gasteiger partial charge on any atom is 0.0542 e. The Morgan fingerprint density at radius 1 is 0.250 bits per heavy atom. The second-order valence-corrected chi connectivity index (χ2v) is 11.4. The van der Waals surface area contributed by atoms with Crippen LogP contribution in [0.4, 0.5) is 0 Å². The molecule has 206 valence electrons. The van der Waals surface area contributed by atoms with Gasteiger partial charge in [0.15, 0.2) is 0 Å². The molecule has 0 aliphatic carbocycles. The van der Waals surface area contributed by atoms with E-state index in [9.17, 15) is 0 Å². The van der Waals surface area contributed by atoms with Gasteiger partial charge in [-0.2, -0.15) is 0 Å². The van der Waals surface area contributed by atoms with E-state index in [-0.39, 0.29) is 0 Å². The van der Waals surface area contributed by atoms with Crippen LogP contribution in [-0.2, 0) is 0 Å². The molecule has 0 radical (unpaired) electrons. The first-order valence-electron chi connectivity index (χ1n) is 15.1. The summed E-state index contributed by atoms with van der Waals surface area (Å²) in [5, 5.41) is 5.05. The van der Waals surface area contributed by atoms with Gasteiger partial charge in [-0.15, -0.1) is 0 Å². The fraction of sp³-hybridized carbons (Fsp3) is 0. The number of benzene rings is 7. The van der Waals surface area contributed by atoms with Crippen molar-refractivity contribution in [1.82, 2.24) is 9.13 Å². The lowest BCUT2D eigenvalue weighted by molar-refractivity contribution is 1.17. The summed E-state index contributed by atoms with van der Waals surface area (Å²) in [4.78, 5) is 0. The molecule has 0 spiro atoms. The highest BCUT2D eigenvalue weighted by molar-refractivity contribution is 6.12. The molecule has 0 unspecified atom stereocenters. The number of hydrogen-bond acceptors (Lipinski definition) is 0. The molecule has 0 aliphatic rings. The van der Waals surface area contributed by atoms with Crippen molar-refractivity contribution < 1.29 is 0 Å². The van der Waals surface area contributed by atoms with Crippen molar-refractivity contribution in [1.29, 1.82) is 0 Å². The van der Waals surface area contributed by atoms with Gasteiger partial charge in [-0.1, -0.05) is 115 Å². The van der Waals surface area contributed by atoms with Crippen LogP contribution in [0.3, 0.4) is 0 Å². The third kappa shape index (κ3) is 3.82. The van der Waals surface area contributed by atoms with E-state index in [0.29, 0.717) is 0 Å². The summed E-state index contributed by atoms with van der Waals surface area (Å²) >= 11 is 0. The van der Waals surface area contributed by atoms with Crippen molar-refractivity contribution in [2.45, 2.75) is 0 Å². The molecule has 0 amide bonds. The molecule has 2 heteroatoms. The smallest absolute Gasteiger partial charge is 0.0542 e. The Kier molecular flexibility index (Phi) is 5.54. The average molecular weight is 561 g/mol. The summed E-state index contributed by atoms with van der Waals surface area (Å²) in [6.45, 7) is 0. The lowest BCUT2D eigenvalue weighted by Crippen LogP contribution is -1.96. The Morgan fingerprint density at radius 3 is 1.32 bits per heavy atom. The zero-order chi connectivity index (χ0) is 29.0. The van der Waals surface area contributed by atoms with Gasteiger partial charge in [-0.25, -0.2) is 0 Å². The van der Waals surface area contributed by atoms with Gasteiger partial charge in [0.1, 0.15) is 0 Å². The summed E-state index contributed by atoms with van der Waals surface area (Å²) in [6, 6.07) is 61.4. The van der Waals surface area contributed by atoms with Crippen LogP contribution in [-0.4, -0.2) is 9.13 Å². The second-order valence-electron chi connectivity index (χ2n) is 11.4. The lowest BCUT2D eigenvalue weighted by atomic mass is 9.99. The monoisotopic (exact) mass is 560 g/mol. The minimum atomic E-state index is 1.16. The van der Waals surface area contributed by atoms with Gasteiger partial charge in [-0.05, 0) is 76.9 Å². The fourth-order valence-corrected chi connectivity index (χ4v) is 6.91. The van der Waals surface area contributed by atoms with Crippen LogP contribution in [0.15, 0.2) is 170 Å². The molecule has 7 aromatic carbocycles. The van der Waals surface area contributed by atoms with Gasteiger partial charge in [0.2, 0.25) is 0 Å². The first-order chi connectivity index (χ1) is 21.8. The number of nitrogens with zero attached hydrogens (tertiary/aromatic N) is 2. The van der Waals surface area contributed by atoms with Crippen molar-refractivity contribution in [3.05, 3.63) is 170 Å². The zero-order valence-corrected chi connectivity index (χ0v) is 24.1. The number of aromatic nitrogens is 2. The molecular weight excluding hydrogens is 532 g/mol. The van der Waals surface area contributed by atoms with Gasteiger partial charge in [0.25, 0.3) is 0 Å². The molecule has 0 aliphatic heterocycles. The van der Waals surface area contributed by atoms with Gasteiger partial charge in [0.05, 0.1) is 22.1 Å². The Balaban J connectivity index is 1.23. The number of rotatable bonds is 4. The largest absolute Gasteiger partial charge is 0.309 e. The molecule has 0 saturated carbocycles. The standard InChI is InChI=1S/C42H28N2/c1-2-12-29(13-3-1)30-14-10-15-31(26-30)32-16-11-17-33(27-32)43-41-23-9-6-20-37(41)38-28-34(24-25-42(38)43)44-39-21-7-4-18-35(39)36-19-5-8-22-40(36)44/h1-28H. The van der Waals surface area contributed by atoms with Crippen molar-refractivity contribution in [2.75, 3.05) is 0 Å². The number of para-hydroxylation sites is 3. The van der Waals surface area contributed by atoms with Crippen LogP contribution in [0.1, 0.15) is 0 Å². The first-order valence-corrected chi connectivity index (χ1v) is 15.1. The van der Waals surface area contributed by atoms with Gasteiger partial charge in [-0.3, -0.25) is 0 Å². The van der Waals surface area contributed by atoms with E-state index in [1.807, 2.05) is 0 Å². The predicted molar refractivity (Wildman–Crippen MR) is 186 cm³/mol. The van der Waals surface area contributed by atoms with Crippen LogP contribution < -0.4 is 0 Å². The SMILES string of the molecule is c1ccc(-c2cccc(-c3cccc(-n4c5ccccc5c5cc(-n6c7ccccc7c7ccccc76)ccc54)c3)c2)cc1. The predicted octanol–water partition coefficient (Wildman–Crippen LogP) is 11.2. The maximum absolute atomic E-state index is 2.41. The van der Waals surface area contributed by atoms with Gasteiger partial charge >= 0.3 is 0 Å². The average Bonchev–Trinajstić information content (AvgIpc) is 3.61. The second kappa shape index (κ2) is 9.86. The highest BCUT2D eigenvalue weighted by atomic mass is 15.0. The van der Waals surface area contributed by atoms with E-state index in [1.54, 1.807) is 0 Å². The van der Waals surface area contributed by atoms with E-state index in [2.05, 4.69) is 179 Å². The molecule has 0 N–H and O–H groups in total.